The molecule has 2 fully saturated rings. The van der Waals surface area contributed by atoms with Crippen LogP contribution in [0.25, 0.3) is 10.2 Å². The Bertz CT molecular complexity index is 964. The van der Waals surface area contributed by atoms with Crippen molar-refractivity contribution in [3.63, 3.8) is 0 Å². The largest absolute Gasteiger partial charge is 0.323 e. The van der Waals surface area contributed by atoms with Gasteiger partial charge in [-0.25, -0.2) is 9.78 Å². The number of nitrogens with zero attached hydrogens (tertiary/aromatic N) is 3. The molecule has 0 radical (unpaired) electrons. The number of thiazole rings is 1. The maximum absolute atomic E-state index is 13.0. The molecule has 3 heterocycles. The number of anilines is 1. The average Bonchev–Trinajstić information content (AvgIpc) is 3.14. The Morgan fingerprint density at radius 1 is 1.17 bits per heavy atom. The van der Waals surface area contributed by atoms with E-state index in [-0.39, 0.29) is 11.9 Å². The Morgan fingerprint density at radius 3 is 2.69 bits per heavy atom. The molecule has 1 atom stereocenters. The second-order valence-electron chi connectivity index (χ2n) is 7.69. The Labute approximate surface area is 176 Å². The predicted octanol–water partition coefficient (Wildman–Crippen LogP) is 2.89. The van der Waals surface area contributed by atoms with Crippen molar-refractivity contribution >= 4 is 49.4 Å². The molecule has 156 valence electrons. The number of likely N-dealkylation sites (tertiary alicyclic amines) is 1. The molecular formula is C20H26N4O3S2. The Balaban J connectivity index is 1.49. The van der Waals surface area contributed by atoms with Crippen LogP contribution in [-0.4, -0.2) is 68.1 Å². The van der Waals surface area contributed by atoms with E-state index in [4.69, 9.17) is 0 Å². The highest BCUT2D eigenvalue weighted by Crippen LogP contribution is 2.30. The van der Waals surface area contributed by atoms with Crippen LogP contribution in [0.5, 0.6) is 0 Å². The third kappa shape index (κ3) is 4.16. The summed E-state index contributed by atoms with van der Waals surface area (Å²) in [7, 11) is -0.837. The predicted molar refractivity (Wildman–Crippen MR) is 117 cm³/mol. The van der Waals surface area contributed by atoms with Crippen LogP contribution in [-0.2, 0) is 15.6 Å². The molecule has 9 heteroatoms. The lowest BCUT2D eigenvalue weighted by molar-refractivity contribution is -0.121. The van der Waals surface area contributed by atoms with E-state index in [9.17, 15) is 13.8 Å². The second-order valence-corrected chi connectivity index (χ2v) is 10.4. The molecule has 1 aromatic carbocycles. The molecule has 2 aliphatic heterocycles. The number of aromatic nitrogens is 1. The third-order valence-corrected chi connectivity index (χ3v) is 8.03. The van der Waals surface area contributed by atoms with Crippen LogP contribution in [0.2, 0.25) is 0 Å². The lowest BCUT2D eigenvalue weighted by Crippen LogP contribution is -2.56. The van der Waals surface area contributed by atoms with Crippen molar-refractivity contribution in [3.05, 3.63) is 23.3 Å². The van der Waals surface area contributed by atoms with Gasteiger partial charge in [0.1, 0.15) is 6.04 Å². The molecule has 2 aromatic rings. The first-order chi connectivity index (χ1) is 13.9. The maximum Gasteiger partial charge on any atom is 0.320 e. The number of carbonyl (C=O) groups is 2. The van der Waals surface area contributed by atoms with Crippen molar-refractivity contribution in [2.24, 2.45) is 0 Å². The van der Waals surface area contributed by atoms with E-state index in [0.717, 1.165) is 28.6 Å². The number of nitrogens with one attached hydrogen (secondary N) is 1. The number of rotatable bonds is 2. The van der Waals surface area contributed by atoms with Gasteiger partial charge in [-0.1, -0.05) is 17.4 Å². The van der Waals surface area contributed by atoms with Crippen LogP contribution >= 0.6 is 11.3 Å². The van der Waals surface area contributed by atoms with E-state index in [1.165, 1.54) is 16.9 Å². The van der Waals surface area contributed by atoms with Crippen LogP contribution < -0.4 is 5.32 Å². The highest BCUT2D eigenvalue weighted by Gasteiger charge is 2.35. The monoisotopic (exact) mass is 434 g/mol. The van der Waals surface area contributed by atoms with Crippen molar-refractivity contribution in [1.29, 1.82) is 0 Å². The second kappa shape index (κ2) is 8.39. The summed E-state index contributed by atoms with van der Waals surface area (Å²) in [6, 6.07) is 3.49. The van der Waals surface area contributed by atoms with E-state index in [2.05, 4.69) is 16.4 Å². The minimum atomic E-state index is -0.837. The van der Waals surface area contributed by atoms with Crippen molar-refractivity contribution < 1.29 is 13.8 Å². The number of benzene rings is 1. The van der Waals surface area contributed by atoms with E-state index >= 15 is 0 Å². The molecule has 2 aliphatic rings. The summed E-state index contributed by atoms with van der Waals surface area (Å²) in [4.78, 5) is 34.1. The smallest absolute Gasteiger partial charge is 0.320 e. The van der Waals surface area contributed by atoms with Gasteiger partial charge in [0.2, 0.25) is 5.91 Å². The van der Waals surface area contributed by atoms with E-state index in [0.29, 0.717) is 42.7 Å². The summed E-state index contributed by atoms with van der Waals surface area (Å²) in [5.74, 6) is 0.856. The highest BCUT2D eigenvalue weighted by atomic mass is 32.2. The van der Waals surface area contributed by atoms with E-state index in [1.807, 2.05) is 19.9 Å². The zero-order valence-corrected chi connectivity index (χ0v) is 18.4. The molecule has 2 saturated heterocycles. The molecule has 3 amide bonds. The normalized spacial score (nSPS) is 20.8. The van der Waals surface area contributed by atoms with E-state index < -0.39 is 16.8 Å². The first kappa shape index (κ1) is 20.3. The summed E-state index contributed by atoms with van der Waals surface area (Å²) in [5, 5.41) is 3.52. The number of aryl methyl sites for hydroxylation is 2. The van der Waals surface area contributed by atoms with Crippen LogP contribution in [0.15, 0.2) is 12.1 Å². The minimum absolute atomic E-state index is 0.114. The molecule has 0 saturated carbocycles. The maximum atomic E-state index is 13.0. The first-order valence-electron chi connectivity index (χ1n) is 10.0. The van der Waals surface area contributed by atoms with Gasteiger partial charge in [-0.2, -0.15) is 0 Å². The summed E-state index contributed by atoms with van der Waals surface area (Å²) < 4.78 is 12.6. The van der Waals surface area contributed by atoms with Gasteiger partial charge < -0.3 is 15.1 Å². The molecule has 0 aliphatic carbocycles. The molecule has 0 bridgehead atoms. The molecule has 0 spiro atoms. The molecule has 4 rings (SSSR count). The molecule has 1 aromatic heterocycles. The van der Waals surface area contributed by atoms with Crippen LogP contribution in [0.1, 0.15) is 30.4 Å². The van der Waals surface area contributed by atoms with Gasteiger partial charge in [-0.3, -0.25) is 9.00 Å². The summed E-state index contributed by atoms with van der Waals surface area (Å²) in [5.41, 5.74) is 3.21. The van der Waals surface area contributed by atoms with Gasteiger partial charge in [0, 0.05) is 41.9 Å². The Morgan fingerprint density at radius 2 is 1.93 bits per heavy atom. The van der Waals surface area contributed by atoms with Gasteiger partial charge in [-0.15, -0.1) is 0 Å². The fraction of sp³-hybridized carbons (Fsp3) is 0.550. The number of hydrogen-bond donors (Lipinski definition) is 1. The quantitative estimate of drug-likeness (QED) is 0.788. The molecule has 29 heavy (non-hydrogen) atoms. The van der Waals surface area contributed by atoms with Crippen LogP contribution in [0.3, 0.4) is 0 Å². The van der Waals surface area contributed by atoms with Gasteiger partial charge in [0.05, 0.1) is 10.2 Å². The van der Waals surface area contributed by atoms with Crippen LogP contribution in [0, 0.1) is 13.8 Å². The standard InChI is InChI=1S/C20H26N4O3S2/c1-13-6-7-16-17(14(13)2)21-19(28-16)22-18(25)15-5-3-4-8-24(15)20(26)23-9-11-29(27)12-10-23/h6-7,15H,3-5,8-12H2,1-2H3,(H,21,22,25)/t15-/m0/s1. The first-order valence-corrected chi connectivity index (χ1v) is 12.3. The van der Waals surface area contributed by atoms with Crippen LogP contribution in [0.4, 0.5) is 9.93 Å². The minimum Gasteiger partial charge on any atom is -0.323 e. The zero-order chi connectivity index (χ0) is 20.5. The average molecular weight is 435 g/mol. The Hall–Kier alpha value is -2.00. The molecule has 0 unspecified atom stereocenters. The van der Waals surface area contributed by atoms with Crippen molar-refractivity contribution in [1.82, 2.24) is 14.8 Å². The molecule has 1 N–H and O–H groups in total. The summed E-state index contributed by atoms with van der Waals surface area (Å²) >= 11 is 1.46. The zero-order valence-electron chi connectivity index (χ0n) is 16.8. The van der Waals surface area contributed by atoms with Gasteiger partial charge in [-0.05, 0) is 50.3 Å². The van der Waals surface area contributed by atoms with Gasteiger partial charge in [0.15, 0.2) is 5.13 Å². The van der Waals surface area contributed by atoms with E-state index in [1.54, 1.807) is 9.80 Å². The number of fused-ring (bicyclic) bond motifs is 1. The molecular weight excluding hydrogens is 408 g/mol. The molecule has 7 nitrogen and oxygen atoms in total. The van der Waals surface area contributed by atoms with Gasteiger partial charge >= 0.3 is 6.03 Å². The van der Waals surface area contributed by atoms with Gasteiger partial charge in [0.25, 0.3) is 0 Å². The summed E-state index contributed by atoms with van der Waals surface area (Å²) in [6.07, 6.45) is 2.47. The fourth-order valence-corrected chi connectivity index (χ4v) is 5.89. The number of amides is 3. The fourth-order valence-electron chi connectivity index (χ4n) is 3.91. The number of hydrogen-bond acceptors (Lipinski definition) is 5. The topological polar surface area (TPSA) is 82.6 Å². The number of piperidine rings is 1. The number of carbonyl (C=O) groups excluding carboxylic acids is 2. The SMILES string of the molecule is Cc1ccc2sc(NC(=O)[C@@H]3CCCCN3C(=O)N3CCS(=O)CC3)nc2c1C. The van der Waals surface area contributed by atoms with Crippen molar-refractivity contribution in [2.45, 2.75) is 39.2 Å². The Kier molecular flexibility index (Phi) is 5.87. The summed E-state index contributed by atoms with van der Waals surface area (Å²) in [6.45, 7) is 5.65. The van der Waals surface area contributed by atoms with Crippen molar-refractivity contribution in [3.8, 4) is 0 Å². The van der Waals surface area contributed by atoms with Crippen molar-refractivity contribution in [2.75, 3.05) is 36.5 Å². The third-order valence-electron chi connectivity index (χ3n) is 5.81. The number of urea groups is 1. The lowest BCUT2D eigenvalue weighted by Gasteiger charge is -2.39. The lowest BCUT2D eigenvalue weighted by atomic mass is 10.0. The highest BCUT2D eigenvalue weighted by molar-refractivity contribution is 7.85.